The molecule has 8 heteroatoms. The maximum atomic E-state index is 12.5. The molecule has 2 aliphatic rings. The van der Waals surface area contributed by atoms with Gasteiger partial charge in [0, 0.05) is 33.2 Å². The van der Waals surface area contributed by atoms with Crippen molar-refractivity contribution >= 4 is 29.3 Å². The van der Waals surface area contributed by atoms with Crippen LogP contribution in [0.5, 0.6) is 0 Å². The van der Waals surface area contributed by atoms with Crippen molar-refractivity contribution in [3.63, 3.8) is 0 Å². The van der Waals surface area contributed by atoms with E-state index in [-0.39, 0.29) is 48.4 Å². The van der Waals surface area contributed by atoms with Gasteiger partial charge in [0.2, 0.25) is 17.7 Å². The Kier molecular flexibility index (Phi) is 7.35. The molecule has 2 N–H and O–H groups in total. The smallest absolute Gasteiger partial charge is 0.253 e. The van der Waals surface area contributed by atoms with Gasteiger partial charge in [-0.2, -0.15) is 0 Å². The quantitative estimate of drug-likeness (QED) is 0.364. The Morgan fingerprint density at radius 1 is 1.10 bits per heavy atom. The van der Waals surface area contributed by atoms with Crippen molar-refractivity contribution < 1.29 is 23.9 Å². The van der Waals surface area contributed by atoms with E-state index in [1.165, 1.54) is 4.90 Å². The summed E-state index contributed by atoms with van der Waals surface area (Å²) in [4.78, 5) is 51.0. The summed E-state index contributed by atoms with van der Waals surface area (Å²) in [6, 6.07) is 6.72. The Labute approximate surface area is 175 Å². The van der Waals surface area contributed by atoms with Crippen LogP contribution in [0, 0.1) is 11.8 Å². The number of hydrogen-bond donors (Lipinski definition) is 2. The fourth-order valence-corrected chi connectivity index (χ4v) is 3.82. The second-order valence-electron chi connectivity index (χ2n) is 7.43. The summed E-state index contributed by atoms with van der Waals surface area (Å²) >= 11 is 0. The molecule has 160 valence electrons. The zero-order valence-electron chi connectivity index (χ0n) is 17.1. The van der Waals surface area contributed by atoms with Crippen LogP contribution in [0.25, 0.3) is 0 Å². The molecule has 1 fully saturated rings. The highest BCUT2D eigenvalue weighted by Gasteiger charge is 2.46. The van der Waals surface area contributed by atoms with Crippen molar-refractivity contribution in [2.75, 3.05) is 32.1 Å². The van der Waals surface area contributed by atoms with Crippen molar-refractivity contribution in [1.29, 1.82) is 0 Å². The van der Waals surface area contributed by atoms with E-state index in [2.05, 4.69) is 10.6 Å². The number of anilines is 1. The molecule has 1 aromatic rings. The molecule has 0 spiro atoms. The van der Waals surface area contributed by atoms with Gasteiger partial charge in [0.05, 0.1) is 23.1 Å². The number of benzene rings is 1. The predicted molar refractivity (Wildman–Crippen MR) is 111 cm³/mol. The number of carbonyl (C=O) groups is 4. The van der Waals surface area contributed by atoms with E-state index in [0.29, 0.717) is 43.7 Å². The Morgan fingerprint density at radius 2 is 1.77 bits per heavy atom. The van der Waals surface area contributed by atoms with Gasteiger partial charge in [0.25, 0.3) is 5.91 Å². The van der Waals surface area contributed by atoms with E-state index in [1.54, 1.807) is 31.4 Å². The lowest BCUT2D eigenvalue weighted by Crippen LogP contribution is -2.34. The van der Waals surface area contributed by atoms with Crippen molar-refractivity contribution in [2.24, 2.45) is 11.8 Å². The summed E-state index contributed by atoms with van der Waals surface area (Å²) in [6.07, 6.45) is 5.68. The van der Waals surface area contributed by atoms with Gasteiger partial charge in [-0.15, -0.1) is 0 Å². The summed E-state index contributed by atoms with van der Waals surface area (Å²) in [5.74, 6) is -1.64. The standard InChI is InChI=1S/C22H27N3O5/c1-30-14-6-12-23-20(27)17-9-4-5-10-18(17)24-19(26)11-13-25-21(28)15-7-2-3-8-16(15)22(25)29/h2-5,9-10,15-16H,6-8,11-14H2,1H3,(H,23,27)(H,24,26)/t15-,16+. The average Bonchev–Trinajstić information content (AvgIpc) is 3.00. The number of nitrogens with zero attached hydrogens (tertiary/aromatic N) is 1. The number of likely N-dealkylation sites (tertiary alicyclic amines) is 1. The lowest BCUT2D eigenvalue weighted by molar-refractivity contribution is -0.140. The van der Waals surface area contributed by atoms with E-state index in [9.17, 15) is 19.2 Å². The Morgan fingerprint density at radius 3 is 2.43 bits per heavy atom. The number of para-hydroxylation sites is 1. The maximum Gasteiger partial charge on any atom is 0.253 e. The zero-order chi connectivity index (χ0) is 21.5. The molecule has 0 bridgehead atoms. The zero-order valence-corrected chi connectivity index (χ0v) is 17.1. The van der Waals surface area contributed by atoms with E-state index >= 15 is 0 Å². The number of ether oxygens (including phenoxy) is 1. The fourth-order valence-electron chi connectivity index (χ4n) is 3.82. The van der Waals surface area contributed by atoms with Crippen LogP contribution < -0.4 is 10.6 Å². The van der Waals surface area contributed by atoms with Crippen LogP contribution in [0.2, 0.25) is 0 Å². The molecule has 1 aliphatic carbocycles. The summed E-state index contributed by atoms with van der Waals surface area (Å²) < 4.78 is 4.96. The SMILES string of the molecule is COCCCNC(=O)c1ccccc1NC(=O)CCN1C(=O)[C@H]2CC=CC[C@H]2C1=O. The van der Waals surface area contributed by atoms with E-state index in [4.69, 9.17) is 4.74 Å². The molecular formula is C22H27N3O5. The molecule has 1 saturated heterocycles. The summed E-state index contributed by atoms with van der Waals surface area (Å²) in [6.45, 7) is 1.05. The van der Waals surface area contributed by atoms with Crippen LogP contribution in [0.15, 0.2) is 36.4 Å². The van der Waals surface area contributed by atoms with E-state index < -0.39 is 0 Å². The van der Waals surface area contributed by atoms with Crippen molar-refractivity contribution in [3.8, 4) is 0 Å². The van der Waals surface area contributed by atoms with Gasteiger partial charge in [0.1, 0.15) is 0 Å². The molecule has 0 aromatic heterocycles. The van der Waals surface area contributed by atoms with Gasteiger partial charge < -0.3 is 15.4 Å². The first-order chi connectivity index (χ1) is 14.5. The summed E-state index contributed by atoms with van der Waals surface area (Å²) in [5.41, 5.74) is 0.748. The lowest BCUT2D eigenvalue weighted by atomic mass is 9.85. The Balaban J connectivity index is 1.55. The van der Waals surface area contributed by atoms with Crippen molar-refractivity contribution in [2.45, 2.75) is 25.7 Å². The van der Waals surface area contributed by atoms with Crippen LogP contribution in [-0.4, -0.2) is 55.3 Å². The molecule has 0 radical (unpaired) electrons. The van der Waals surface area contributed by atoms with Crippen LogP contribution in [0.4, 0.5) is 5.69 Å². The predicted octanol–water partition coefficient (Wildman–Crippen LogP) is 1.73. The highest BCUT2D eigenvalue weighted by molar-refractivity contribution is 6.06. The topological polar surface area (TPSA) is 105 Å². The number of imide groups is 1. The van der Waals surface area contributed by atoms with Crippen molar-refractivity contribution in [3.05, 3.63) is 42.0 Å². The maximum absolute atomic E-state index is 12.5. The number of fused-ring (bicyclic) bond motifs is 1. The van der Waals surface area contributed by atoms with Gasteiger partial charge in [0.15, 0.2) is 0 Å². The molecular weight excluding hydrogens is 386 g/mol. The highest BCUT2D eigenvalue weighted by Crippen LogP contribution is 2.35. The van der Waals surface area contributed by atoms with Crippen LogP contribution in [-0.2, 0) is 19.1 Å². The van der Waals surface area contributed by atoms with Crippen LogP contribution in [0.1, 0.15) is 36.0 Å². The normalized spacial score (nSPS) is 20.2. The van der Waals surface area contributed by atoms with E-state index in [0.717, 1.165) is 0 Å². The second kappa shape index (κ2) is 10.2. The molecule has 3 rings (SSSR count). The van der Waals surface area contributed by atoms with Crippen LogP contribution >= 0.6 is 0 Å². The summed E-state index contributed by atoms with van der Waals surface area (Å²) in [5, 5.41) is 5.51. The Bertz CT molecular complexity index is 825. The molecule has 0 unspecified atom stereocenters. The summed E-state index contributed by atoms with van der Waals surface area (Å²) in [7, 11) is 1.60. The van der Waals surface area contributed by atoms with Crippen LogP contribution in [0.3, 0.4) is 0 Å². The number of hydrogen-bond acceptors (Lipinski definition) is 5. The fraction of sp³-hybridized carbons (Fsp3) is 0.455. The van der Waals surface area contributed by atoms with Gasteiger partial charge in [-0.1, -0.05) is 24.3 Å². The largest absolute Gasteiger partial charge is 0.385 e. The molecule has 2 atom stereocenters. The molecule has 30 heavy (non-hydrogen) atoms. The molecule has 4 amide bonds. The lowest BCUT2D eigenvalue weighted by Gasteiger charge is -2.15. The third-order valence-corrected chi connectivity index (χ3v) is 5.42. The first-order valence-corrected chi connectivity index (χ1v) is 10.2. The minimum absolute atomic E-state index is 0.0197. The third kappa shape index (κ3) is 4.94. The first-order valence-electron chi connectivity index (χ1n) is 10.2. The highest BCUT2D eigenvalue weighted by atomic mass is 16.5. The number of carbonyl (C=O) groups excluding carboxylic acids is 4. The van der Waals surface area contributed by atoms with E-state index in [1.807, 2.05) is 12.2 Å². The van der Waals surface area contributed by atoms with Gasteiger partial charge >= 0.3 is 0 Å². The minimum atomic E-state index is -0.358. The number of allylic oxidation sites excluding steroid dienone is 2. The molecule has 0 saturated carbocycles. The molecule has 1 aliphatic heterocycles. The average molecular weight is 413 g/mol. The Hall–Kier alpha value is -3.00. The minimum Gasteiger partial charge on any atom is -0.385 e. The second-order valence-corrected chi connectivity index (χ2v) is 7.43. The first kappa shape index (κ1) is 21.7. The molecule has 8 nitrogen and oxygen atoms in total. The number of nitrogens with one attached hydrogen (secondary N) is 2. The number of methoxy groups -OCH3 is 1. The molecule has 1 aromatic carbocycles. The number of rotatable bonds is 9. The number of amides is 4. The van der Waals surface area contributed by atoms with Gasteiger partial charge in [-0.3, -0.25) is 24.1 Å². The van der Waals surface area contributed by atoms with Gasteiger partial charge in [-0.25, -0.2) is 0 Å². The monoisotopic (exact) mass is 413 g/mol. The van der Waals surface area contributed by atoms with Gasteiger partial charge in [-0.05, 0) is 31.4 Å². The van der Waals surface area contributed by atoms with Crippen molar-refractivity contribution in [1.82, 2.24) is 10.2 Å². The molecule has 1 heterocycles. The third-order valence-electron chi connectivity index (χ3n) is 5.42.